The SMILES string of the molecule is O=C(Cc1c[nH]c2ccccc12)NNC(=O)Nc1cccc2ccccc12. The van der Waals surface area contributed by atoms with Crippen LogP contribution in [0.25, 0.3) is 21.7 Å². The van der Waals surface area contributed by atoms with Crippen molar-refractivity contribution < 1.29 is 9.59 Å². The molecular weight excluding hydrogens is 340 g/mol. The van der Waals surface area contributed by atoms with E-state index >= 15 is 0 Å². The lowest BCUT2D eigenvalue weighted by Gasteiger charge is -2.11. The molecule has 1 heterocycles. The topological polar surface area (TPSA) is 86.0 Å². The summed E-state index contributed by atoms with van der Waals surface area (Å²) in [4.78, 5) is 27.4. The smallest absolute Gasteiger partial charge is 0.337 e. The van der Waals surface area contributed by atoms with E-state index in [-0.39, 0.29) is 12.3 Å². The first-order valence-electron chi connectivity index (χ1n) is 8.59. The third-order valence-corrected chi connectivity index (χ3v) is 4.38. The quantitative estimate of drug-likeness (QED) is 0.421. The lowest BCUT2D eigenvalue weighted by molar-refractivity contribution is -0.121. The molecule has 3 aromatic carbocycles. The summed E-state index contributed by atoms with van der Waals surface area (Å²) >= 11 is 0. The Bertz CT molecular complexity index is 1130. The molecule has 0 atom stereocenters. The number of amides is 3. The van der Waals surface area contributed by atoms with Gasteiger partial charge < -0.3 is 10.3 Å². The minimum absolute atomic E-state index is 0.165. The van der Waals surface area contributed by atoms with Crippen LogP contribution < -0.4 is 16.2 Å². The molecular formula is C21H18N4O2. The van der Waals surface area contributed by atoms with Crippen LogP contribution in [0.4, 0.5) is 10.5 Å². The van der Waals surface area contributed by atoms with Crippen LogP contribution in [0.3, 0.4) is 0 Å². The third-order valence-electron chi connectivity index (χ3n) is 4.38. The fourth-order valence-electron chi connectivity index (χ4n) is 3.11. The Morgan fingerprint density at radius 1 is 0.815 bits per heavy atom. The van der Waals surface area contributed by atoms with Crippen molar-refractivity contribution >= 4 is 39.3 Å². The summed E-state index contributed by atoms with van der Waals surface area (Å²) in [6.07, 6.45) is 1.97. The molecule has 0 saturated carbocycles. The molecule has 0 fully saturated rings. The van der Waals surface area contributed by atoms with E-state index in [9.17, 15) is 9.59 Å². The zero-order chi connectivity index (χ0) is 18.6. The van der Waals surface area contributed by atoms with Crippen molar-refractivity contribution in [2.24, 2.45) is 0 Å². The molecule has 0 aliphatic heterocycles. The van der Waals surface area contributed by atoms with Gasteiger partial charge >= 0.3 is 6.03 Å². The standard InChI is InChI=1S/C21H18N4O2/c26-20(12-15-13-22-18-10-4-3-9-17(15)18)24-25-21(27)23-19-11-5-7-14-6-1-2-8-16(14)19/h1-11,13,22H,12H2,(H,24,26)(H2,23,25,27). The summed E-state index contributed by atoms with van der Waals surface area (Å²) in [6, 6.07) is 20.7. The number of aromatic nitrogens is 1. The fourth-order valence-corrected chi connectivity index (χ4v) is 3.11. The summed E-state index contributed by atoms with van der Waals surface area (Å²) in [5.74, 6) is -0.298. The second-order valence-electron chi connectivity index (χ2n) is 6.19. The van der Waals surface area contributed by atoms with Crippen LogP contribution in [0.5, 0.6) is 0 Å². The number of aromatic amines is 1. The predicted octanol–water partition coefficient (Wildman–Crippen LogP) is 3.72. The maximum Gasteiger partial charge on any atom is 0.337 e. The van der Waals surface area contributed by atoms with Crippen LogP contribution >= 0.6 is 0 Å². The van der Waals surface area contributed by atoms with Gasteiger partial charge in [-0.15, -0.1) is 0 Å². The van der Waals surface area contributed by atoms with Gasteiger partial charge in [0.15, 0.2) is 0 Å². The fraction of sp³-hybridized carbons (Fsp3) is 0.0476. The van der Waals surface area contributed by atoms with Gasteiger partial charge in [-0.3, -0.25) is 10.2 Å². The molecule has 4 rings (SSSR count). The number of para-hydroxylation sites is 1. The van der Waals surface area contributed by atoms with E-state index in [1.807, 2.05) is 66.7 Å². The summed E-state index contributed by atoms with van der Waals surface area (Å²) in [7, 11) is 0. The van der Waals surface area contributed by atoms with E-state index in [1.165, 1.54) is 0 Å². The number of rotatable bonds is 3. The zero-order valence-electron chi connectivity index (χ0n) is 14.5. The molecule has 4 N–H and O–H groups in total. The number of H-pyrrole nitrogens is 1. The molecule has 0 bridgehead atoms. The third kappa shape index (κ3) is 3.59. The van der Waals surface area contributed by atoms with Crippen molar-refractivity contribution in [3.8, 4) is 0 Å². The number of hydrazine groups is 1. The molecule has 27 heavy (non-hydrogen) atoms. The summed E-state index contributed by atoms with van der Waals surface area (Å²) in [6.45, 7) is 0. The maximum absolute atomic E-state index is 12.2. The van der Waals surface area contributed by atoms with E-state index in [2.05, 4.69) is 21.2 Å². The average molecular weight is 358 g/mol. The van der Waals surface area contributed by atoms with Gasteiger partial charge in [0.2, 0.25) is 5.91 Å². The Morgan fingerprint density at radius 2 is 1.56 bits per heavy atom. The van der Waals surface area contributed by atoms with E-state index in [0.29, 0.717) is 5.69 Å². The lowest BCUT2D eigenvalue weighted by Crippen LogP contribution is -2.44. The number of benzene rings is 3. The number of carbonyl (C=O) groups excluding carboxylic acids is 2. The van der Waals surface area contributed by atoms with Gasteiger partial charge in [0.1, 0.15) is 0 Å². The molecule has 0 unspecified atom stereocenters. The van der Waals surface area contributed by atoms with E-state index in [4.69, 9.17) is 0 Å². The van der Waals surface area contributed by atoms with E-state index in [1.54, 1.807) is 6.20 Å². The van der Waals surface area contributed by atoms with Crippen LogP contribution in [0.15, 0.2) is 72.9 Å². The lowest BCUT2D eigenvalue weighted by atomic mass is 10.1. The van der Waals surface area contributed by atoms with E-state index < -0.39 is 6.03 Å². The Labute approximate surface area is 155 Å². The van der Waals surface area contributed by atoms with Gasteiger partial charge in [-0.05, 0) is 23.1 Å². The van der Waals surface area contributed by atoms with Crippen LogP contribution in [-0.2, 0) is 11.2 Å². The van der Waals surface area contributed by atoms with E-state index in [0.717, 1.165) is 27.2 Å². The highest BCUT2D eigenvalue weighted by molar-refractivity contribution is 6.02. The molecule has 6 heteroatoms. The molecule has 0 aliphatic rings. The average Bonchev–Trinajstić information content (AvgIpc) is 3.10. The highest BCUT2D eigenvalue weighted by Crippen LogP contribution is 2.22. The molecule has 4 aromatic rings. The molecule has 0 radical (unpaired) electrons. The minimum atomic E-state index is -0.501. The number of anilines is 1. The van der Waals surface area contributed by atoms with Gasteiger partial charge in [-0.25, -0.2) is 10.2 Å². The summed E-state index contributed by atoms with van der Waals surface area (Å²) in [5.41, 5.74) is 7.36. The second kappa shape index (κ2) is 7.21. The number of hydrogen-bond acceptors (Lipinski definition) is 2. The van der Waals surface area contributed by atoms with Crippen LogP contribution in [0.1, 0.15) is 5.56 Å². The summed E-state index contributed by atoms with van der Waals surface area (Å²) in [5, 5.41) is 5.71. The maximum atomic E-state index is 12.2. The molecule has 1 aromatic heterocycles. The molecule has 6 nitrogen and oxygen atoms in total. The molecule has 0 aliphatic carbocycles. The van der Waals surface area contributed by atoms with Crippen molar-refractivity contribution in [2.45, 2.75) is 6.42 Å². The predicted molar refractivity (Wildman–Crippen MR) is 106 cm³/mol. The van der Waals surface area contributed by atoms with Crippen LogP contribution in [0.2, 0.25) is 0 Å². The Morgan fingerprint density at radius 3 is 2.44 bits per heavy atom. The number of urea groups is 1. The molecule has 3 amide bonds. The van der Waals surface area contributed by atoms with Crippen molar-refractivity contribution in [2.75, 3.05) is 5.32 Å². The number of hydrogen-bond donors (Lipinski definition) is 4. The van der Waals surface area contributed by atoms with Gasteiger partial charge in [0, 0.05) is 22.5 Å². The van der Waals surface area contributed by atoms with Crippen LogP contribution in [0, 0.1) is 0 Å². The van der Waals surface area contributed by atoms with Gasteiger partial charge in [0.25, 0.3) is 0 Å². The first-order valence-corrected chi connectivity index (χ1v) is 8.59. The zero-order valence-corrected chi connectivity index (χ0v) is 14.5. The largest absolute Gasteiger partial charge is 0.361 e. The minimum Gasteiger partial charge on any atom is -0.361 e. The molecule has 0 saturated heterocycles. The van der Waals surface area contributed by atoms with Crippen molar-refractivity contribution in [1.82, 2.24) is 15.8 Å². The Balaban J connectivity index is 1.37. The first kappa shape index (κ1) is 16.7. The Hall–Kier alpha value is -3.80. The number of nitrogens with one attached hydrogen (secondary N) is 4. The Kier molecular flexibility index (Phi) is 4.45. The van der Waals surface area contributed by atoms with Crippen molar-refractivity contribution in [1.29, 1.82) is 0 Å². The number of carbonyl (C=O) groups is 2. The van der Waals surface area contributed by atoms with Gasteiger partial charge in [0.05, 0.1) is 12.1 Å². The highest BCUT2D eigenvalue weighted by atomic mass is 16.2. The van der Waals surface area contributed by atoms with Gasteiger partial charge in [-0.1, -0.05) is 54.6 Å². The molecule has 134 valence electrons. The first-order chi connectivity index (χ1) is 13.2. The highest BCUT2D eigenvalue weighted by Gasteiger charge is 2.10. The number of fused-ring (bicyclic) bond motifs is 2. The van der Waals surface area contributed by atoms with Crippen molar-refractivity contribution in [3.05, 3.63) is 78.5 Å². The van der Waals surface area contributed by atoms with Crippen LogP contribution in [-0.4, -0.2) is 16.9 Å². The normalized spacial score (nSPS) is 10.7. The monoisotopic (exact) mass is 358 g/mol. The second-order valence-corrected chi connectivity index (χ2v) is 6.19. The summed E-state index contributed by atoms with van der Waals surface area (Å²) < 4.78 is 0. The van der Waals surface area contributed by atoms with Gasteiger partial charge in [-0.2, -0.15) is 0 Å². The van der Waals surface area contributed by atoms with Crippen molar-refractivity contribution in [3.63, 3.8) is 0 Å². The molecule has 0 spiro atoms.